The molecular weight excluding hydrogens is 270 g/mol. The van der Waals surface area contributed by atoms with E-state index < -0.39 is 0 Å². The number of aryl methyl sites for hydroxylation is 1. The van der Waals surface area contributed by atoms with Gasteiger partial charge < -0.3 is 14.5 Å². The summed E-state index contributed by atoms with van der Waals surface area (Å²) >= 11 is 0. The normalized spacial score (nSPS) is 19.6. The Labute approximate surface area is 123 Å². The average Bonchev–Trinajstić information content (AvgIpc) is 2.95. The second-order valence-corrected chi connectivity index (χ2v) is 5.09. The molecule has 1 saturated heterocycles. The number of nitrogens with one attached hydrogen (secondary N) is 1. The van der Waals surface area contributed by atoms with Crippen molar-refractivity contribution in [3.05, 3.63) is 35.7 Å². The summed E-state index contributed by atoms with van der Waals surface area (Å²) in [7, 11) is 1.56. The van der Waals surface area contributed by atoms with Crippen LogP contribution in [0.5, 0.6) is 6.01 Å². The molecule has 1 N–H and O–H groups in total. The van der Waals surface area contributed by atoms with Gasteiger partial charge in [-0.15, -0.1) is 0 Å². The minimum atomic E-state index is 0.134. The molecule has 0 aromatic carbocycles. The topological polar surface area (TPSA) is 76.2 Å². The van der Waals surface area contributed by atoms with Crippen LogP contribution in [0.1, 0.15) is 23.1 Å². The molecule has 0 bridgehead atoms. The summed E-state index contributed by atoms with van der Waals surface area (Å²) in [5.41, 5.74) is 2.11. The van der Waals surface area contributed by atoms with E-state index in [0.717, 1.165) is 36.8 Å². The number of aromatic nitrogens is 4. The minimum absolute atomic E-state index is 0.134. The lowest BCUT2D eigenvalue weighted by Crippen LogP contribution is -2.39. The van der Waals surface area contributed by atoms with Gasteiger partial charge in [0.05, 0.1) is 26.4 Å². The summed E-state index contributed by atoms with van der Waals surface area (Å²) in [5.74, 6) is 0.946. The Morgan fingerprint density at radius 3 is 2.81 bits per heavy atom. The first-order chi connectivity index (χ1) is 10.3. The molecule has 1 aliphatic rings. The van der Waals surface area contributed by atoms with Crippen LogP contribution in [-0.2, 0) is 11.3 Å². The van der Waals surface area contributed by atoms with Gasteiger partial charge in [-0.3, -0.25) is 4.90 Å². The van der Waals surface area contributed by atoms with Crippen LogP contribution in [0.25, 0.3) is 0 Å². The first-order valence-electron chi connectivity index (χ1n) is 6.94. The lowest BCUT2D eigenvalue weighted by atomic mass is 10.2. The number of rotatable bonds is 4. The van der Waals surface area contributed by atoms with Gasteiger partial charge in [0.2, 0.25) is 0 Å². The fourth-order valence-corrected chi connectivity index (χ4v) is 2.45. The van der Waals surface area contributed by atoms with Crippen molar-refractivity contribution < 1.29 is 9.47 Å². The third kappa shape index (κ3) is 3.20. The van der Waals surface area contributed by atoms with Gasteiger partial charge in [-0.05, 0) is 6.92 Å². The van der Waals surface area contributed by atoms with Crippen LogP contribution in [0.3, 0.4) is 0 Å². The van der Waals surface area contributed by atoms with Gasteiger partial charge >= 0.3 is 6.01 Å². The van der Waals surface area contributed by atoms with Crippen LogP contribution in [0.4, 0.5) is 0 Å². The van der Waals surface area contributed by atoms with E-state index in [9.17, 15) is 0 Å². The van der Waals surface area contributed by atoms with Crippen LogP contribution >= 0.6 is 0 Å². The molecule has 3 heterocycles. The monoisotopic (exact) mass is 289 g/mol. The number of aromatic amines is 1. The Balaban J connectivity index is 1.74. The third-order valence-corrected chi connectivity index (χ3v) is 3.53. The van der Waals surface area contributed by atoms with Crippen molar-refractivity contribution in [1.29, 1.82) is 0 Å². The number of ether oxygens (including phenoxy) is 2. The molecule has 0 saturated carbocycles. The van der Waals surface area contributed by atoms with Crippen molar-refractivity contribution >= 4 is 0 Å². The van der Waals surface area contributed by atoms with Gasteiger partial charge in [-0.25, -0.2) is 15.0 Å². The predicted octanol–water partition coefficient (Wildman–Crippen LogP) is 1.09. The first-order valence-corrected chi connectivity index (χ1v) is 6.94. The highest BCUT2D eigenvalue weighted by Gasteiger charge is 2.26. The lowest BCUT2D eigenvalue weighted by Gasteiger charge is -2.34. The molecule has 21 heavy (non-hydrogen) atoms. The van der Waals surface area contributed by atoms with Crippen molar-refractivity contribution in [2.45, 2.75) is 19.5 Å². The zero-order valence-corrected chi connectivity index (χ0v) is 12.2. The van der Waals surface area contributed by atoms with Crippen molar-refractivity contribution in [3.63, 3.8) is 0 Å². The molecule has 7 heteroatoms. The maximum Gasteiger partial charge on any atom is 0.316 e. The van der Waals surface area contributed by atoms with Crippen LogP contribution in [0.15, 0.2) is 18.6 Å². The maximum absolute atomic E-state index is 5.60. The first kappa shape index (κ1) is 14.0. The van der Waals surface area contributed by atoms with Crippen LogP contribution < -0.4 is 4.74 Å². The zero-order valence-electron chi connectivity index (χ0n) is 12.2. The Bertz CT molecular complexity index is 583. The SMILES string of the molecule is COc1ncc(CN2CCOCC2c2ncc(C)[nH]2)cn1. The quantitative estimate of drug-likeness (QED) is 0.908. The number of hydrogen-bond donors (Lipinski definition) is 1. The fraction of sp³-hybridized carbons (Fsp3) is 0.500. The van der Waals surface area contributed by atoms with Crippen LogP contribution in [0.2, 0.25) is 0 Å². The second kappa shape index (κ2) is 6.19. The number of H-pyrrole nitrogens is 1. The van der Waals surface area contributed by atoms with E-state index >= 15 is 0 Å². The third-order valence-electron chi connectivity index (χ3n) is 3.53. The fourth-order valence-electron chi connectivity index (χ4n) is 2.45. The van der Waals surface area contributed by atoms with Crippen LogP contribution in [-0.4, -0.2) is 51.7 Å². The summed E-state index contributed by atoms with van der Waals surface area (Å²) < 4.78 is 10.6. The molecule has 0 amide bonds. The highest BCUT2D eigenvalue weighted by atomic mass is 16.5. The summed E-state index contributed by atoms with van der Waals surface area (Å²) in [6.45, 7) is 4.99. The van der Waals surface area contributed by atoms with Crippen molar-refractivity contribution in [2.75, 3.05) is 26.9 Å². The van der Waals surface area contributed by atoms with E-state index in [2.05, 4.69) is 24.8 Å². The van der Waals surface area contributed by atoms with Gasteiger partial charge in [0, 0.05) is 42.9 Å². The number of nitrogens with zero attached hydrogens (tertiary/aromatic N) is 4. The summed E-state index contributed by atoms with van der Waals surface area (Å²) in [6, 6.07) is 0.522. The molecule has 0 aliphatic carbocycles. The highest BCUT2D eigenvalue weighted by Crippen LogP contribution is 2.23. The largest absolute Gasteiger partial charge is 0.467 e. The summed E-state index contributed by atoms with van der Waals surface area (Å²) in [5, 5.41) is 0. The minimum Gasteiger partial charge on any atom is -0.467 e. The van der Waals surface area contributed by atoms with E-state index in [-0.39, 0.29) is 6.04 Å². The molecule has 1 aliphatic heterocycles. The average molecular weight is 289 g/mol. The molecule has 1 fully saturated rings. The predicted molar refractivity (Wildman–Crippen MR) is 75.9 cm³/mol. The van der Waals surface area contributed by atoms with E-state index in [1.165, 1.54) is 0 Å². The maximum atomic E-state index is 5.60. The van der Waals surface area contributed by atoms with Crippen molar-refractivity contribution in [1.82, 2.24) is 24.8 Å². The molecule has 1 unspecified atom stereocenters. The lowest BCUT2D eigenvalue weighted by molar-refractivity contribution is -0.0157. The van der Waals surface area contributed by atoms with Crippen molar-refractivity contribution in [3.8, 4) is 6.01 Å². The van der Waals surface area contributed by atoms with E-state index in [1.807, 2.05) is 13.1 Å². The molecule has 7 nitrogen and oxygen atoms in total. The van der Waals surface area contributed by atoms with Gasteiger partial charge in [-0.2, -0.15) is 0 Å². The molecule has 0 radical (unpaired) electrons. The molecule has 2 aromatic rings. The number of methoxy groups -OCH3 is 1. The zero-order chi connectivity index (χ0) is 14.7. The Morgan fingerprint density at radius 2 is 2.14 bits per heavy atom. The van der Waals surface area contributed by atoms with E-state index in [0.29, 0.717) is 12.6 Å². The smallest absolute Gasteiger partial charge is 0.316 e. The Hall–Kier alpha value is -1.99. The molecule has 3 rings (SSSR count). The van der Waals surface area contributed by atoms with E-state index in [4.69, 9.17) is 9.47 Å². The number of morpholine rings is 1. The molecule has 1 atom stereocenters. The van der Waals surface area contributed by atoms with Gasteiger partial charge in [0.1, 0.15) is 5.82 Å². The Kier molecular flexibility index (Phi) is 4.12. The standard InChI is InChI=1S/C14H19N5O2/c1-10-5-15-13(18-10)12-9-21-4-3-19(12)8-11-6-16-14(20-2)17-7-11/h5-7,12H,3-4,8-9H2,1-2H3,(H,15,18). The van der Waals surface area contributed by atoms with Gasteiger partial charge in [0.25, 0.3) is 0 Å². The molecule has 112 valence electrons. The molecular formula is C14H19N5O2. The molecule has 0 spiro atoms. The second-order valence-electron chi connectivity index (χ2n) is 5.09. The molecule has 2 aromatic heterocycles. The number of imidazole rings is 1. The summed E-state index contributed by atoms with van der Waals surface area (Å²) in [6.07, 6.45) is 5.44. The van der Waals surface area contributed by atoms with Crippen LogP contribution in [0, 0.1) is 6.92 Å². The van der Waals surface area contributed by atoms with E-state index in [1.54, 1.807) is 19.5 Å². The van der Waals surface area contributed by atoms with Gasteiger partial charge in [0.15, 0.2) is 0 Å². The summed E-state index contributed by atoms with van der Waals surface area (Å²) in [4.78, 5) is 18.4. The highest BCUT2D eigenvalue weighted by molar-refractivity contribution is 5.10. The number of hydrogen-bond acceptors (Lipinski definition) is 6. The Morgan fingerprint density at radius 1 is 1.33 bits per heavy atom. The van der Waals surface area contributed by atoms with Gasteiger partial charge in [-0.1, -0.05) is 0 Å². The van der Waals surface area contributed by atoms with Crippen molar-refractivity contribution in [2.24, 2.45) is 0 Å².